The first-order valence-electron chi connectivity index (χ1n) is 10.6. The molecule has 0 radical (unpaired) electrons. The number of pyridine rings is 1. The third-order valence-corrected chi connectivity index (χ3v) is 5.42. The van der Waals surface area contributed by atoms with E-state index >= 15 is 0 Å². The molecule has 0 saturated heterocycles. The Hall–Kier alpha value is -3.81. The van der Waals surface area contributed by atoms with Gasteiger partial charge in [0.25, 0.3) is 0 Å². The molecule has 0 unspecified atom stereocenters. The van der Waals surface area contributed by atoms with Crippen molar-refractivity contribution in [1.82, 2.24) is 24.9 Å². The lowest BCUT2D eigenvalue weighted by Gasteiger charge is -2.15. The fraction of sp³-hybridized carbons (Fsp3) is 0.250. The van der Waals surface area contributed by atoms with Crippen molar-refractivity contribution in [2.24, 2.45) is 0 Å². The van der Waals surface area contributed by atoms with E-state index in [4.69, 9.17) is 4.98 Å². The molecule has 2 amide bonds. The lowest BCUT2D eigenvalue weighted by molar-refractivity contribution is 0.247. The predicted octanol–water partition coefficient (Wildman–Crippen LogP) is 5.22. The summed E-state index contributed by atoms with van der Waals surface area (Å²) >= 11 is 0. The topological polar surface area (TPSA) is 84.2 Å². The van der Waals surface area contributed by atoms with Gasteiger partial charge in [0.05, 0.1) is 5.69 Å². The second kappa shape index (κ2) is 9.13. The number of nitrogens with one attached hydrogen (secondary N) is 2. The minimum Gasteiger partial charge on any atom is -0.335 e. The van der Waals surface area contributed by atoms with Gasteiger partial charge in [-0.2, -0.15) is 5.10 Å². The summed E-state index contributed by atoms with van der Waals surface area (Å²) in [5, 5.41) is 10.2. The molecule has 8 heteroatoms. The van der Waals surface area contributed by atoms with Gasteiger partial charge in [0.15, 0.2) is 5.65 Å². The molecule has 0 atom stereocenters. The number of urea groups is 1. The number of carbonyl (C=O) groups excluding carboxylic acids is 1. The molecule has 2 N–H and O–H groups in total. The SMILES string of the molecule is CCC(CC)NC(=O)Nc1cc(-c2c(-c3ccc(F)c(C)c3)nc3cccnn23)ccn1. The number of benzene rings is 1. The maximum atomic E-state index is 13.9. The zero-order valence-corrected chi connectivity index (χ0v) is 18.3. The minimum absolute atomic E-state index is 0.106. The van der Waals surface area contributed by atoms with Gasteiger partial charge in [0, 0.05) is 29.6 Å². The van der Waals surface area contributed by atoms with Crippen molar-refractivity contribution < 1.29 is 9.18 Å². The number of aromatic nitrogens is 4. The van der Waals surface area contributed by atoms with Gasteiger partial charge in [-0.3, -0.25) is 5.32 Å². The van der Waals surface area contributed by atoms with Crippen LogP contribution in [0.1, 0.15) is 32.3 Å². The fourth-order valence-electron chi connectivity index (χ4n) is 3.62. The molecule has 0 aliphatic heterocycles. The van der Waals surface area contributed by atoms with Crippen LogP contribution in [0, 0.1) is 12.7 Å². The standard InChI is InChI=1S/C24H25FN6O/c1-4-18(5-2)28-24(32)29-20-14-17(10-12-26-20)23-22(16-8-9-19(25)15(3)13-16)30-21-7-6-11-27-31(21)23/h6-14,18H,4-5H2,1-3H3,(H2,26,28,29,32). The second-order valence-electron chi connectivity index (χ2n) is 7.61. The van der Waals surface area contributed by atoms with Gasteiger partial charge in [0.1, 0.15) is 17.3 Å². The Morgan fingerprint density at radius 2 is 1.91 bits per heavy atom. The third kappa shape index (κ3) is 4.30. The van der Waals surface area contributed by atoms with E-state index in [1.807, 2.05) is 32.0 Å². The normalized spacial score (nSPS) is 11.2. The van der Waals surface area contributed by atoms with Gasteiger partial charge in [-0.1, -0.05) is 13.8 Å². The molecule has 0 aliphatic rings. The number of fused-ring (bicyclic) bond motifs is 1. The van der Waals surface area contributed by atoms with Gasteiger partial charge in [-0.05, 0) is 67.8 Å². The van der Waals surface area contributed by atoms with Crippen molar-refractivity contribution in [1.29, 1.82) is 0 Å². The predicted molar refractivity (Wildman–Crippen MR) is 123 cm³/mol. The van der Waals surface area contributed by atoms with Crippen LogP contribution in [0.5, 0.6) is 0 Å². The highest BCUT2D eigenvalue weighted by atomic mass is 19.1. The molecule has 4 rings (SSSR count). The maximum Gasteiger partial charge on any atom is 0.320 e. The Morgan fingerprint density at radius 1 is 1.09 bits per heavy atom. The monoisotopic (exact) mass is 432 g/mol. The Labute approximate surface area is 185 Å². The van der Waals surface area contributed by atoms with E-state index in [0.717, 1.165) is 29.7 Å². The molecule has 0 spiro atoms. The van der Waals surface area contributed by atoms with Gasteiger partial charge < -0.3 is 5.32 Å². The quantitative estimate of drug-likeness (QED) is 0.438. The van der Waals surface area contributed by atoms with Crippen LogP contribution in [-0.4, -0.2) is 31.7 Å². The Kier molecular flexibility index (Phi) is 6.11. The average molecular weight is 433 g/mol. The fourth-order valence-corrected chi connectivity index (χ4v) is 3.62. The Balaban J connectivity index is 1.76. The molecule has 3 heterocycles. The summed E-state index contributed by atoms with van der Waals surface area (Å²) in [5.74, 6) is 0.147. The Morgan fingerprint density at radius 3 is 2.66 bits per heavy atom. The van der Waals surface area contributed by atoms with E-state index < -0.39 is 0 Å². The number of carbonyl (C=O) groups is 1. The number of nitrogens with zero attached hydrogens (tertiary/aromatic N) is 4. The van der Waals surface area contributed by atoms with E-state index in [-0.39, 0.29) is 17.9 Å². The molecule has 164 valence electrons. The summed E-state index contributed by atoms with van der Waals surface area (Å²) in [6, 6.07) is 12.0. The molecular formula is C24H25FN6O. The smallest absolute Gasteiger partial charge is 0.320 e. The summed E-state index contributed by atoms with van der Waals surface area (Å²) < 4.78 is 15.6. The summed E-state index contributed by atoms with van der Waals surface area (Å²) in [6.07, 6.45) is 5.02. The van der Waals surface area contributed by atoms with Crippen LogP contribution in [0.3, 0.4) is 0 Å². The number of imidazole rings is 1. The summed E-state index contributed by atoms with van der Waals surface area (Å²) in [4.78, 5) is 21.4. The van der Waals surface area contributed by atoms with Crippen molar-refractivity contribution in [3.8, 4) is 22.5 Å². The average Bonchev–Trinajstić information content (AvgIpc) is 3.19. The third-order valence-electron chi connectivity index (χ3n) is 5.42. The molecule has 0 saturated carbocycles. The van der Waals surface area contributed by atoms with Crippen molar-refractivity contribution >= 4 is 17.5 Å². The van der Waals surface area contributed by atoms with E-state index in [1.54, 1.807) is 42.0 Å². The molecule has 4 aromatic rings. The highest BCUT2D eigenvalue weighted by Crippen LogP contribution is 2.33. The van der Waals surface area contributed by atoms with Gasteiger partial charge >= 0.3 is 6.03 Å². The van der Waals surface area contributed by atoms with Crippen LogP contribution < -0.4 is 10.6 Å². The lowest BCUT2D eigenvalue weighted by atomic mass is 10.0. The number of hydrogen-bond donors (Lipinski definition) is 2. The van der Waals surface area contributed by atoms with Crippen molar-refractivity contribution in [2.75, 3.05) is 5.32 Å². The number of aryl methyl sites for hydroxylation is 1. The lowest BCUT2D eigenvalue weighted by Crippen LogP contribution is -2.37. The van der Waals surface area contributed by atoms with Gasteiger partial charge in [0.2, 0.25) is 0 Å². The number of halogens is 1. The van der Waals surface area contributed by atoms with Crippen molar-refractivity contribution in [3.63, 3.8) is 0 Å². The molecule has 0 fully saturated rings. The van der Waals surface area contributed by atoms with E-state index in [0.29, 0.717) is 22.7 Å². The van der Waals surface area contributed by atoms with Crippen LogP contribution in [0.25, 0.3) is 28.2 Å². The molecule has 1 aromatic carbocycles. The molecular weight excluding hydrogens is 407 g/mol. The largest absolute Gasteiger partial charge is 0.335 e. The highest BCUT2D eigenvalue weighted by molar-refractivity contribution is 5.90. The maximum absolute atomic E-state index is 13.9. The molecule has 0 aliphatic carbocycles. The Bertz CT molecular complexity index is 1260. The zero-order valence-electron chi connectivity index (χ0n) is 18.3. The first-order chi connectivity index (χ1) is 15.5. The summed E-state index contributed by atoms with van der Waals surface area (Å²) in [7, 11) is 0. The zero-order chi connectivity index (χ0) is 22.7. The van der Waals surface area contributed by atoms with Gasteiger partial charge in [-0.15, -0.1) is 0 Å². The van der Waals surface area contributed by atoms with Crippen LogP contribution in [0.15, 0.2) is 54.9 Å². The highest BCUT2D eigenvalue weighted by Gasteiger charge is 2.18. The minimum atomic E-state index is -0.297. The van der Waals surface area contributed by atoms with E-state index in [1.165, 1.54) is 6.07 Å². The molecule has 3 aromatic heterocycles. The van der Waals surface area contributed by atoms with Crippen LogP contribution in [-0.2, 0) is 0 Å². The van der Waals surface area contributed by atoms with Crippen LogP contribution >= 0.6 is 0 Å². The van der Waals surface area contributed by atoms with E-state index in [9.17, 15) is 9.18 Å². The first kappa shape index (κ1) is 21.4. The number of amides is 2. The second-order valence-corrected chi connectivity index (χ2v) is 7.61. The molecule has 0 bridgehead atoms. The van der Waals surface area contributed by atoms with Crippen LogP contribution in [0.2, 0.25) is 0 Å². The van der Waals surface area contributed by atoms with Crippen molar-refractivity contribution in [3.05, 3.63) is 66.2 Å². The first-order valence-corrected chi connectivity index (χ1v) is 10.6. The molecule has 7 nitrogen and oxygen atoms in total. The van der Waals surface area contributed by atoms with Crippen molar-refractivity contribution in [2.45, 2.75) is 39.7 Å². The summed E-state index contributed by atoms with van der Waals surface area (Å²) in [6.45, 7) is 5.78. The van der Waals surface area contributed by atoms with Gasteiger partial charge in [-0.25, -0.2) is 23.7 Å². The van der Waals surface area contributed by atoms with E-state index in [2.05, 4.69) is 20.7 Å². The summed E-state index contributed by atoms with van der Waals surface area (Å²) in [5.41, 5.74) is 4.16. The molecule has 32 heavy (non-hydrogen) atoms. The number of hydrogen-bond acceptors (Lipinski definition) is 4. The number of anilines is 1. The van der Waals surface area contributed by atoms with Crippen LogP contribution in [0.4, 0.5) is 15.0 Å². The number of rotatable bonds is 6.